The maximum atomic E-state index is 12.5. The van der Waals surface area contributed by atoms with Crippen LogP contribution in [0.25, 0.3) is 0 Å². The molecule has 0 heterocycles. The summed E-state index contributed by atoms with van der Waals surface area (Å²) in [5.41, 5.74) is 2.96. The first-order valence-corrected chi connectivity index (χ1v) is 10.3. The molecule has 0 radical (unpaired) electrons. The zero-order valence-electron chi connectivity index (χ0n) is 15.5. The van der Waals surface area contributed by atoms with Gasteiger partial charge in [0.25, 0.3) is 5.91 Å². The molecular formula is C18H20BrN3O5S. The molecule has 2 aromatic carbocycles. The first-order chi connectivity index (χ1) is 13.3. The minimum absolute atomic E-state index is 0.0611. The highest BCUT2D eigenvalue weighted by molar-refractivity contribution is 9.10. The number of methoxy groups -OCH3 is 2. The SMILES string of the molecule is COc1ccc(S(=O)(=O)N(C)CC(=O)N/N=C\c2cc(Br)ccc2OC)cc1. The number of halogens is 1. The molecule has 0 fully saturated rings. The summed E-state index contributed by atoms with van der Waals surface area (Å²) in [4.78, 5) is 12.1. The summed E-state index contributed by atoms with van der Waals surface area (Å²) >= 11 is 3.35. The number of carbonyl (C=O) groups is 1. The van der Waals surface area contributed by atoms with Crippen LogP contribution in [0.3, 0.4) is 0 Å². The second kappa shape index (κ2) is 9.67. The highest BCUT2D eigenvalue weighted by Crippen LogP contribution is 2.21. The van der Waals surface area contributed by atoms with Crippen molar-refractivity contribution >= 4 is 38.1 Å². The molecule has 0 aliphatic heterocycles. The lowest BCUT2D eigenvalue weighted by molar-refractivity contribution is -0.121. The van der Waals surface area contributed by atoms with Crippen molar-refractivity contribution in [2.45, 2.75) is 4.90 Å². The van der Waals surface area contributed by atoms with E-state index in [0.717, 1.165) is 8.78 Å². The largest absolute Gasteiger partial charge is 0.497 e. The first-order valence-electron chi connectivity index (χ1n) is 8.03. The first kappa shape index (κ1) is 21.9. The van der Waals surface area contributed by atoms with Gasteiger partial charge in [0.1, 0.15) is 11.5 Å². The molecule has 0 saturated carbocycles. The number of hydrogen-bond donors (Lipinski definition) is 1. The maximum absolute atomic E-state index is 12.5. The van der Waals surface area contributed by atoms with E-state index in [1.54, 1.807) is 12.1 Å². The zero-order valence-corrected chi connectivity index (χ0v) is 18.0. The lowest BCUT2D eigenvalue weighted by atomic mass is 10.2. The van der Waals surface area contributed by atoms with E-state index in [0.29, 0.717) is 17.1 Å². The van der Waals surface area contributed by atoms with E-state index in [-0.39, 0.29) is 11.4 Å². The van der Waals surface area contributed by atoms with Crippen molar-refractivity contribution in [3.63, 3.8) is 0 Å². The normalized spacial score (nSPS) is 11.6. The fourth-order valence-corrected chi connectivity index (χ4v) is 3.74. The van der Waals surface area contributed by atoms with Gasteiger partial charge in [0.15, 0.2) is 0 Å². The third-order valence-corrected chi connectivity index (χ3v) is 6.03. The van der Waals surface area contributed by atoms with Crippen molar-refractivity contribution in [2.75, 3.05) is 27.8 Å². The molecular weight excluding hydrogens is 450 g/mol. The average molecular weight is 470 g/mol. The second-order valence-electron chi connectivity index (χ2n) is 5.62. The number of amides is 1. The smallest absolute Gasteiger partial charge is 0.255 e. The summed E-state index contributed by atoms with van der Waals surface area (Å²) in [5.74, 6) is 0.543. The third-order valence-electron chi connectivity index (χ3n) is 3.72. The van der Waals surface area contributed by atoms with Gasteiger partial charge in [-0.3, -0.25) is 4.79 Å². The minimum atomic E-state index is -3.81. The van der Waals surface area contributed by atoms with Gasteiger partial charge < -0.3 is 9.47 Å². The minimum Gasteiger partial charge on any atom is -0.497 e. The number of hydrogen-bond acceptors (Lipinski definition) is 6. The van der Waals surface area contributed by atoms with Crippen LogP contribution in [0.4, 0.5) is 0 Å². The van der Waals surface area contributed by atoms with Crippen molar-refractivity contribution in [1.82, 2.24) is 9.73 Å². The molecule has 0 atom stereocenters. The number of hydrazone groups is 1. The van der Waals surface area contributed by atoms with E-state index in [1.807, 2.05) is 6.07 Å². The summed E-state index contributed by atoms with van der Waals surface area (Å²) in [6, 6.07) is 11.2. The Morgan fingerprint density at radius 2 is 1.86 bits per heavy atom. The summed E-state index contributed by atoms with van der Waals surface area (Å²) in [6.07, 6.45) is 1.42. The molecule has 0 saturated heterocycles. The Hall–Kier alpha value is -2.43. The van der Waals surface area contributed by atoms with Crippen LogP contribution >= 0.6 is 15.9 Å². The molecule has 2 aromatic rings. The van der Waals surface area contributed by atoms with Gasteiger partial charge in [0.2, 0.25) is 10.0 Å². The van der Waals surface area contributed by atoms with Crippen LogP contribution in [0.15, 0.2) is 56.9 Å². The fraction of sp³-hybridized carbons (Fsp3) is 0.222. The second-order valence-corrected chi connectivity index (χ2v) is 8.58. The lowest BCUT2D eigenvalue weighted by Gasteiger charge is -2.16. The van der Waals surface area contributed by atoms with Crippen LogP contribution in [0.5, 0.6) is 11.5 Å². The van der Waals surface area contributed by atoms with Gasteiger partial charge >= 0.3 is 0 Å². The number of likely N-dealkylation sites (N-methyl/N-ethyl adjacent to an activating group) is 1. The molecule has 1 amide bonds. The van der Waals surface area contributed by atoms with E-state index in [2.05, 4.69) is 26.5 Å². The predicted molar refractivity (Wildman–Crippen MR) is 109 cm³/mol. The van der Waals surface area contributed by atoms with Gasteiger partial charge in [0, 0.05) is 17.1 Å². The van der Waals surface area contributed by atoms with Gasteiger partial charge in [-0.2, -0.15) is 9.41 Å². The summed E-state index contributed by atoms with van der Waals surface area (Å²) in [7, 11) is 0.522. The molecule has 2 rings (SSSR count). The van der Waals surface area contributed by atoms with Crippen molar-refractivity contribution in [1.29, 1.82) is 0 Å². The molecule has 8 nitrogen and oxygen atoms in total. The molecule has 10 heteroatoms. The lowest BCUT2D eigenvalue weighted by Crippen LogP contribution is -2.36. The molecule has 28 heavy (non-hydrogen) atoms. The summed E-state index contributed by atoms with van der Waals surface area (Å²) < 4.78 is 37.0. The number of rotatable bonds is 8. The molecule has 0 bridgehead atoms. The third kappa shape index (κ3) is 5.54. The topological polar surface area (TPSA) is 97.3 Å². The van der Waals surface area contributed by atoms with Crippen molar-refractivity contribution in [3.8, 4) is 11.5 Å². The number of benzene rings is 2. The Morgan fingerprint density at radius 1 is 1.18 bits per heavy atom. The van der Waals surface area contributed by atoms with Crippen LogP contribution in [0.1, 0.15) is 5.56 Å². The standard InChI is InChI=1S/C18H20BrN3O5S/c1-22(28(24,25)16-7-5-15(26-2)6-8-16)12-18(23)21-20-11-13-10-14(19)4-9-17(13)27-3/h4-11H,12H2,1-3H3,(H,21,23)/b20-11-. The van der Waals surface area contributed by atoms with E-state index in [4.69, 9.17) is 9.47 Å². The Bertz CT molecular complexity index is 962. The summed E-state index contributed by atoms with van der Waals surface area (Å²) in [6.45, 7) is -0.388. The molecule has 150 valence electrons. The fourth-order valence-electron chi connectivity index (χ4n) is 2.23. The van der Waals surface area contributed by atoms with Gasteiger partial charge in [0.05, 0.1) is 31.9 Å². The number of nitrogens with one attached hydrogen (secondary N) is 1. The van der Waals surface area contributed by atoms with Gasteiger partial charge in [-0.1, -0.05) is 15.9 Å². The average Bonchev–Trinajstić information content (AvgIpc) is 2.68. The molecule has 0 spiro atoms. The number of ether oxygens (including phenoxy) is 2. The van der Waals surface area contributed by atoms with Crippen LogP contribution in [0, 0.1) is 0 Å². The molecule has 1 N–H and O–H groups in total. The Kier molecular flexibility index (Phi) is 7.55. The van der Waals surface area contributed by atoms with Gasteiger partial charge in [-0.25, -0.2) is 13.8 Å². The molecule has 0 aromatic heterocycles. The molecule has 0 aliphatic carbocycles. The number of carbonyl (C=O) groups excluding carboxylic acids is 1. The van der Waals surface area contributed by atoms with Crippen LogP contribution in [-0.4, -0.2) is 52.7 Å². The van der Waals surface area contributed by atoms with Crippen LogP contribution in [0.2, 0.25) is 0 Å². The van der Waals surface area contributed by atoms with Crippen molar-refractivity contribution in [2.24, 2.45) is 5.10 Å². The van der Waals surface area contributed by atoms with Crippen molar-refractivity contribution < 1.29 is 22.7 Å². The number of nitrogens with zero attached hydrogens (tertiary/aromatic N) is 2. The Morgan fingerprint density at radius 3 is 2.46 bits per heavy atom. The van der Waals surface area contributed by atoms with E-state index in [1.165, 1.54) is 51.7 Å². The highest BCUT2D eigenvalue weighted by Gasteiger charge is 2.22. The molecule has 0 unspecified atom stereocenters. The van der Waals surface area contributed by atoms with E-state index < -0.39 is 15.9 Å². The van der Waals surface area contributed by atoms with Crippen LogP contribution < -0.4 is 14.9 Å². The number of sulfonamides is 1. The van der Waals surface area contributed by atoms with E-state index in [9.17, 15) is 13.2 Å². The Labute approximate surface area is 172 Å². The van der Waals surface area contributed by atoms with Gasteiger partial charge in [-0.05, 0) is 42.5 Å². The quantitative estimate of drug-likeness (QED) is 0.472. The highest BCUT2D eigenvalue weighted by atomic mass is 79.9. The predicted octanol–water partition coefficient (Wildman–Crippen LogP) is 2.24. The van der Waals surface area contributed by atoms with E-state index >= 15 is 0 Å². The van der Waals surface area contributed by atoms with Crippen molar-refractivity contribution in [3.05, 3.63) is 52.5 Å². The Balaban J connectivity index is 2.01. The van der Waals surface area contributed by atoms with Crippen LogP contribution in [-0.2, 0) is 14.8 Å². The maximum Gasteiger partial charge on any atom is 0.255 e. The molecule has 0 aliphatic rings. The van der Waals surface area contributed by atoms with Gasteiger partial charge in [-0.15, -0.1) is 0 Å². The summed E-state index contributed by atoms with van der Waals surface area (Å²) in [5, 5.41) is 3.86. The monoisotopic (exact) mass is 469 g/mol. The zero-order chi connectivity index (χ0) is 20.7.